The molecule has 8 nitrogen and oxygen atoms in total. The molecule has 3 aromatic rings. The molecule has 0 aromatic heterocycles. The van der Waals surface area contributed by atoms with Gasteiger partial charge >= 0.3 is 5.97 Å². The predicted molar refractivity (Wildman–Crippen MR) is 140 cm³/mol. The quantitative estimate of drug-likeness (QED) is 0.303. The molecule has 3 atom stereocenters. The van der Waals surface area contributed by atoms with Crippen molar-refractivity contribution in [3.8, 4) is 0 Å². The summed E-state index contributed by atoms with van der Waals surface area (Å²) in [6, 6.07) is 24.2. The normalized spacial score (nSPS) is 13.0. The van der Waals surface area contributed by atoms with Crippen LogP contribution in [0.3, 0.4) is 0 Å². The number of amides is 3. The van der Waals surface area contributed by atoms with Gasteiger partial charge in [0.05, 0.1) is 0 Å². The lowest BCUT2D eigenvalue weighted by Crippen LogP contribution is -2.57. The standard InChI is InChI=1S/C29H31N3O5/c1-20(33)30-24(17-21-11-5-2-6-12-21)27(34)31-25(18-22-13-7-3-8-14-22)28(35)32-26(29(36)37)19-23-15-9-4-10-16-23/h2-16,24-26H,17-19H2,1H3,(H,30,33)(H,31,34)(H,32,35)(H,36,37). The summed E-state index contributed by atoms with van der Waals surface area (Å²) < 4.78 is 0. The Labute approximate surface area is 216 Å². The number of hydrogen-bond donors (Lipinski definition) is 4. The van der Waals surface area contributed by atoms with Gasteiger partial charge in [0, 0.05) is 26.2 Å². The van der Waals surface area contributed by atoms with Crippen molar-refractivity contribution in [3.05, 3.63) is 108 Å². The first-order chi connectivity index (χ1) is 17.8. The lowest BCUT2D eigenvalue weighted by atomic mass is 10.0. The fourth-order valence-electron chi connectivity index (χ4n) is 3.96. The minimum absolute atomic E-state index is 0.0937. The van der Waals surface area contributed by atoms with Crippen molar-refractivity contribution in [1.29, 1.82) is 0 Å². The topological polar surface area (TPSA) is 125 Å². The van der Waals surface area contributed by atoms with E-state index in [-0.39, 0.29) is 25.2 Å². The van der Waals surface area contributed by atoms with Crippen molar-refractivity contribution in [2.24, 2.45) is 0 Å². The zero-order valence-corrected chi connectivity index (χ0v) is 20.6. The number of carboxylic acid groups (broad SMARTS) is 1. The molecule has 0 spiro atoms. The maximum atomic E-state index is 13.3. The van der Waals surface area contributed by atoms with Crippen LogP contribution in [0.5, 0.6) is 0 Å². The SMILES string of the molecule is CC(=O)NC(Cc1ccccc1)C(=O)NC(Cc1ccccc1)C(=O)NC(Cc1ccccc1)C(=O)O. The van der Waals surface area contributed by atoms with E-state index in [1.807, 2.05) is 66.7 Å². The Hall–Kier alpha value is -4.46. The molecule has 192 valence electrons. The number of rotatable bonds is 12. The summed E-state index contributed by atoms with van der Waals surface area (Å²) in [7, 11) is 0. The average Bonchev–Trinajstić information content (AvgIpc) is 2.89. The fraction of sp³-hybridized carbons (Fsp3) is 0.241. The molecule has 4 N–H and O–H groups in total. The predicted octanol–water partition coefficient (Wildman–Crippen LogP) is 2.27. The first kappa shape index (κ1) is 27.1. The van der Waals surface area contributed by atoms with Crippen LogP contribution in [0.4, 0.5) is 0 Å². The maximum Gasteiger partial charge on any atom is 0.326 e. The second kappa shape index (κ2) is 13.6. The van der Waals surface area contributed by atoms with Gasteiger partial charge in [-0.3, -0.25) is 14.4 Å². The number of hydrogen-bond acceptors (Lipinski definition) is 4. The Morgan fingerprint density at radius 2 is 0.892 bits per heavy atom. The highest BCUT2D eigenvalue weighted by Gasteiger charge is 2.29. The number of aliphatic carboxylic acids is 1. The van der Waals surface area contributed by atoms with E-state index >= 15 is 0 Å². The Morgan fingerprint density at radius 3 is 1.24 bits per heavy atom. The summed E-state index contributed by atoms with van der Waals surface area (Å²) in [5.41, 5.74) is 2.39. The minimum atomic E-state index is -1.18. The number of nitrogens with one attached hydrogen (secondary N) is 3. The van der Waals surface area contributed by atoms with E-state index in [4.69, 9.17) is 0 Å². The number of carboxylic acids is 1. The summed E-state index contributed by atoms with van der Waals surface area (Å²) >= 11 is 0. The van der Waals surface area contributed by atoms with E-state index < -0.39 is 35.9 Å². The Morgan fingerprint density at radius 1 is 0.568 bits per heavy atom. The van der Waals surface area contributed by atoms with Crippen molar-refractivity contribution in [1.82, 2.24) is 16.0 Å². The molecular weight excluding hydrogens is 470 g/mol. The van der Waals surface area contributed by atoms with Gasteiger partial charge in [-0.25, -0.2) is 4.79 Å². The van der Waals surface area contributed by atoms with Crippen molar-refractivity contribution in [2.75, 3.05) is 0 Å². The molecule has 0 saturated carbocycles. The second-order valence-electron chi connectivity index (χ2n) is 8.78. The van der Waals surface area contributed by atoms with E-state index in [1.165, 1.54) is 6.92 Å². The van der Waals surface area contributed by atoms with Crippen LogP contribution in [0, 0.1) is 0 Å². The third-order valence-corrected chi connectivity index (χ3v) is 5.79. The van der Waals surface area contributed by atoms with Gasteiger partial charge in [-0.2, -0.15) is 0 Å². The third kappa shape index (κ3) is 8.92. The van der Waals surface area contributed by atoms with Crippen LogP contribution < -0.4 is 16.0 Å². The molecule has 0 radical (unpaired) electrons. The van der Waals surface area contributed by atoms with E-state index in [0.29, 0.717) is 0 Å². The van der Waals surface area contributed by atoms with Crippen molar-refractivity contribution >= 4 is 23.7 Å². The highest BCUT2D eigenvalue weighted by molar-refractivity contribution is 5.93. The molecule has 8 heteroatoms. The lowest BCUT2D eigenvalue weighted by molar-refractivity contribution is -0.142. The Bertz CT molecular complexity index is 1190. The molecule has 3 amide bonds. The lowest BCUT2D eigenvalue weighted by Gasteiger charge is -2.24. The summed E-state index contributed by atoms with van der Waals surface area (Å²) in [6.45, 7) is 1.32. The van der Waals surface area contributed by atoms with Gasteiger partial charge < -0.3 is 21.1 Å². The molecule has 0 aliphatic heterocycles. The zero-order chi connectivity index (χ0) is 26.6. The summed E-state index contributed by atoms with van der Waals surface area (Å²) in [4.78, 5) is 50.3. The highest BCUT2D eigenvalue weighted by Crippen LogP contribution is 2.09. The van der Waals surface area contributed by atoms with E-state index in [2.05, 4.69) is 16.0 Å². The molecule has 37 heavy (non-hydrogen) atoms. The Balaban J connectivity index is 1.79. The van der Waals surface area contributed by atoms with E-state index in [9.17, 15) is 24.3 Å². The van der Waals surface area contributed by atoms with Gasteiger partial charge in [-0.1, -0.05) is 91.0 Å². The maximum absolute atomic E-state index is 13.3. The van der Waals surface area contributed by atoms with Gasteiger partial charge in [0.25, 0.3) is 0 Å². The van der Waals surface area contributed by atoms with Crippen LogP contribution in [-0.2, 0) is 38.4 Å². The minimum Gasteiger partial charge on any atom is -0.480 e. The number of carbonyl (C=O) groups excluding carboxylic acids is 3. The molecule has 0 fully saturated rings. The summed E-state index contributed by atoms with van der Waals surface area (Å²) in [5, 5.41) is 17.7. The third-order valence-electron chi connectivity index (χ3n) is 5.79. The summed E-state index contributed by atoms with van der Waals surface area (Å²) in [5.74, 6) is -2.72. The van der Waals surface area contributed by atoms with Gasteiger partial charge in [-0.15, -0.1) is 0 Å². The number of carbonyl (C=O) groups is 4. The van der Waals surface area contributed by atoms with Crippen LogP contribution in [0.25, 0.3) is 0 Å². The molecule has 0 saturated heterocycles. The molecule has 0 aliphatic rings. The van der Waals surface area contributed by atoms with Crippen molar-refractivity contribution < 1.29 is 24.3 Å². The molecule has 3 unspecified atom stereocenters. The van der Waals surface area contributed by atoms with Gasteiger partial charge in [0.2, 0.25) is 17.7 Å². The molecule has 0 bridgehead atoms. The van der Waals surface area contributed by atoms with Gasteiger partial charge in [0.15, 0.2) is 0 Å². The van der Waals surface area contributed by atoms with E-state index in [1.54, 1.807) is 24.3 Å². The Kier molecular flexibility index (Phi) is 9.96. The monoisotopic (exact) mass is 501 g/mol. The van der Waals surface area contributed by atoms with Crippen molar-refractivity contribution in [2.45, 2.75) is 44.3 Å². The molecule has 3 rings (SSSR count). The smallest absolute Gasteiger partial charge is 0.326 e. The second-order valence-corrected chi connectivity index (χ2v) is 8.78. The fourth-order valence-corrected chi connectivity index (χ4v) is 3.96. The largest absolute Gasteiger partial charge is 0.480 e. The first-order valence-corrected chi connectivity index (χ1v) is 12.0. The van der Waals surface area contributed by atoms with Crippen molar-refractivity contribution in [3.63, 3.8) is 0 Å². The zero-order valence-electron chi connectivity index (χ0n) is 20.6. The highest BCUT2D eigenvalue weighted by atomic mass is 16.4. The van der Waals surface area contributed by atoms with Crippen LogP contribution >= 0.6 is 0 Å². The van der Waals surface area contributed by atoms with Gasteiger partial charge in [-0.05, 0) is 16.7 Å². The number of benzene rings is 3. The van der Waals surface area contributed by atoms with Crippen LogP contribution in [-0.4, -0.2) is 46.9 Å². The van der Waals surface area contributed by atoms with Crippen LogP contribution in [0.2, 0.25) is 0 Å². The first-order valence-electron chi connectivity index (χ1n) is 12.0. The van der Waals surface area contributed by atoms with Crippen LogP contribution in [0.15, 0.2) is 91.0 Å². The molecule has 0 aliphatic carbocycles. The molecular formula is C29H31N3O5. The van der Waals surface area contributed by atoms with E-state index in [0.717, 1.165) is 16.7 Å². The molecule has 3 aromatic carbocycles. The van der Waals surface area contributed by atoms with Gasteiger partial charge in [0.1, 0.15) is 18.1 Å². The molecule has 0 heterocycles. The summed E-state index contributed by atoms with van der Waals surface area (Å²) in [6.07, 6.45) is 0.475. The average molecular weight is 502 g/mol. The van der Waals surface area contributed by atoms with Crippen LogP contribution in [0.1, 0.15) is 23.6 Å².